The van der Waals surface area contributed by atoms with Gasteiger partial charge in [-0.3, -0.25) is 5.41 Å². The Morgan fingerprint density at radius 1 is 1.10 bits per heavy atom. The fraction of sp³-hybridized carbons (Fsp3) is 0.500. The van der Waals surface area contributed by atoms with Crippen LogP contribution in [0.1, 0.15) is 5.56 Å². The second kappa shape index (κ2) is 10.6. The van der Waals surface area contributed by atoms with E-state index >= 15 is 0 Å². The second-order valence-corrected chi connectivity index (χ2v) is 4.98. The average molecular weight is 361 g/mol. The summed E-state index contributed by atoms with van der Waals surface area (Å²) in [6.45, 7) is 3.17. The largest absolute Gasteiger partial charge is 0.491 e. The number of hydrogen-bond acceptors (Lipinski definition) is 5. The summed E-state index contributed by atoms with van der Waals surface area (Å²) >= 11 is 3.35. The second-order valence-electron chi connectivity index (χ2n) is 4.12. The normalized spacial score (nSPS) is 10.6. The number of nitrogens with one attached hydrogen (secondary N) is 1. The van der Waals surface area contributed by atoms with E-state index in [0.717, 1.165) is 4.47 Å². The first-order valence-electron chi connectivity index (χ1n) is 6.56. The molecule has 0 bridgehead atoms. The van der Waals surface area contributed by atoms with Crippen molar-refractivity contribution < 1.29 is 18.9 Å². The molecule has 0 radical (unpaired) electrons. The van der Waals surface area contributed by atoms with Gasteiger partial charge in [0.05, 0.1) is 33.0 Å². The van der Waals surface area contributed by atoms with E-state index in [1.807, 2.05) is 0 Å². The Balaban J connectivity index is 2.13. The Hall–Kier alpha value is -1.15. The van der Waals surface area contributed by atoms with E-state index in [1.54, 1.807) is 25.3 Å². The van der Waals surface area contributed by atoms with Crippen molar-refractivity contribution in [2.75, 3.05) is 46.8 Å². The van der Waals surface area contributed by atoms with E-state index in [0.29, 0.717) is 51.0 Å². The minimum Gasteiger partial charge on any atom is -0.491 e. The summed E-state index contributed by atoms with van der Waals surface area (Å²) in [5, 5.41) is 7.39. The van der Waals surface area contributed by atoms with E-state index < -0.39 is 0 Å². The highest BCUT2D eigenvalue weighted by atomic mass is 79.9. The summed E-state index contributed by atoms with van der Waals surface area (Å²) in [5.74, 6) is 0.719. The number of rotatable bonds is 11. The van der Waals surface area contributed by atoms with Gasteiger partial charge < -0.3 is 24.7 Å². The van der Waals surface area contributed by atoms with E-state index in [1.165, 1.54) is 0 Å². The molecule has 0 spiro atoms. The molecule has 0 amide bonds. The number of benzene rings is 1. The number of nitrogens with two attached hydrogens (primary N) is 1. The van der Waals surface area contributed by atoms with Gasteiger partial charge in [-0.15, -0.1) is 0 Å². The SMILES string of the molecule is COCCOCCOCCOc1ccc(C(=N)N)c(Br)c1. The number of nitrogen functional groups attached to an aromatic ring is 1. The third-order valence-electron chi connectivity index (χ3n) is 2.53. The molecule has 0 fully saturated rings. The molecule has 0 aliphatic carbocycles. The average Bonchev–Trinajstić information content (AvgIpc) is 2.45. The predicted octanol–water partition coefficient (Wildman–Crippen LogP) is 1.79. The summed E-state index contributed by atoms with van der Waals surface area (Å²) in [7, 11) is 1.64. The third kappa shape index (κ3) is 7.42. The zero-order valence-electron chi connectivity index (χ0n) is 12.1. The molecule has 0 saturated carbocycles. The number of methoxy groups -OCH3 is 1. The Morgan fingerprint density at radius 2 is 1.71 bits per heavy atom. The molecule has 1 aromatic rings. The van der Waals surface area contributed by atoms with Gasteiger partial charge in [0.2, 0.25) is 0 Å². The minimum atomic E-state index is 0.0187. The maximum atomic E-state index is 7.39. The Morgan fingerprint density at radius 3 is 2.29 bits per heavy atom. The van der Waals surface area contributed by atoms with Gasteiger partial charge in [0.1, 0.15) is 18.2 Å². The van der Waals surface area contributed by atoms with Crippen LogP contribution in [0.4, 0.5) is 0 Å². The van der Waals surface area contributed by atoms with E-state index in [-0.39, 0.29) is 5.84 Å². The number of ether oxygens (including phenoxy) is 4. The Bertz CT molecular complexity index is 443. The molecule has 1 rings (SSSR count). The van der Waals surface area contributed by atoms with Crippen molar-refractivity contribution in [3.8, 4) is 5.75 Å². The van der Waals surface area contributed by atoms with Gasteiger partial charge in [0.15, 0.2) is 0 Å². The molecule has 0 atom stereocenters. The maximum Gasteiger partial charge on any atom is 0.123 e. The topological polar surface area (TPSA) is 86.8 Å². The van der Waals surface area contributed by atoms with E-state index in [2.05, 4.69) is 15.9 Å². The molecule has 1 aromatic carbocycles. The van der Waals surface area contributed by atoms with Crippen LogP contribution < -0.4 is 10.5 Å². The number of halogens is 1. The molecule has 0 unspecified atom stereocenters. The van der Waals surface area contributed by atoms with Crippen molar-refractivity contribution in [3.05, 3.63) is 28.2 Å². The predicted molar refractivity (Wildman–Crippen MR) is 84.2 cm³/mol. The molecule has 0 heterocycles. The van der Waals surface area contributed by atoms with Crippen molar-refractivity contribution in [3.63, 3.8) is 0 Å². The molecule has 0 saturated heterocycles. The lowest BCUT2D eigenvalue weighted by Crippen LogP contribution is -2.13. The van der Waals surface area contributed by atoms with Crippen LogP contribution in [0.5, 0.6) is 5.75 Å². The zero-order chi connectivity index (χ0) is 15.5. The fourth-order valence-electron chi connectivity index (χ4n) is 1.49. The molecule has 0 aliphatic heterocycles. The van der Waals surface area contributed by atoms with Gasteiger partial charge in [0.25, 0.3) is 0 Å². The molecule has 0 aliphatic rings. The molecule has 7 heteroatoms. The summed E-state index contributed by atoms with van der Waals surface area (Å²) < 4.78 is 21.8. The minimum absolute atomic E-state index is 0.0187. The van der Waals surface area contributed by atoms with Gasteiger partial charge >= 0.3 is 0 Å². The molecular formula is C14H21BrN2O4. The maximum absolute atomic E-state index is 7.39. The lowest BCUT2D eigenvalue weighted by atomic mass is 10.2. The zero-order valence-corrected chi connectivity index (χ0v) is 13.6. The van der Waals surface area contributed by atoms with Crippen LogP contribution >= 0.6 is 15.9 Å². The van der Waals surface area contributed by atoms with Gasteiger partial charge in [0, 0.05) is 17.1 Å². The van der Waals surface area contributed by atoms with Gasteiger partial charge in [-0.05, 0) is 34.1 Å². The lowest BCUT2D eigenvalue weighted by molar-refractivity contribution is 0.0179. The molecule has 0 aromatic heterocycles. The van der Waals surface area contributed by atoms with E-state index in [4.69, 9.17) is 30.1 Å². The van der Waals surface area contributed by atoms with Crippen LogP contribution in [0.3, 0.4) is 0 Å². The standard InChI is InChI=1S/C14H21BrN2O4/c1-18-4-5-19-6-7-20-8-9-21-11-2-3-12(14(16)17)13(15)10-11/h2-3,10H,4-9H2,1H3,(H3,16,17). The van der Waals surface area contributed by atoms with Crippen LogP contribution in [0.2, 0.25) is 0 Å². The first-order valence-corrected chi connectivity index (χ1v) is 7.35. The van der Waals surface area contributed by atoms with Crippen molar-refractivity contribution in [1.29, 1.82) is 5.41 Å². The van der Waals surface area contributed by atoms with Gasteiger partial charge in [-0.25, -0.2) is 0 Å². The summed E-state index contributed by atoms with van der Waals surface area (Å²) in [5.41, 5.74) is 6.08. The molecular weight excluding hydrogens is 340 g/mol. The summed E-state index contributed by atoms with van der Waals surface area (Å²) in [4.78, 5) is 0. The monoisotopic (exact) mass is 360 g/mol. The molecule has 118 valence electrons. The van der Waals surface area contributed by atoms with Gasteiger partial charge in [-0.1, -0.05) is 0 Å². The highest BCUT2D eigenvalue weighted by molar-refractivity contribution is 9.10. The van der Waals surface area contributed by atoms with Crippen LogP contribution in [0.15, 0.2) is 22.7 Å². The number of hydrogen-bond donors (Lipinski definition) is 2. The first kappa shape index (κ1) is 17.9. The first-order chi connectivity index (χ1) is 10.1. The Kier molecular flexibility index (Phi) is 9.00. The van der Waals surface area contributed by atoms with Crippen molar-refractivity contribution in [2.45, 2.75) is 0 Å². The Labute approximate surface area is 133 Å². The van der Waals surface area contributed by atoms with Gasteiger partial charge in [-0.2, -0.15) is 0 Å². The van der Waals surface area contributed by atoms with E-state index in [9.17, 15) is 0 Å². The fourth-order valence-corrected chi connectivity index (χ4v) is 2.06. The third-order valence-corrected chi connectivity index (χ3v) is 3.19. The van der Waals surface area contributed by atoms with Crippen LogP contribution in [0, 0.1) is 5.41 Å². The quantitative estimate of drug-likeness (QED) is 0.357. The van der Waals surface area contributed by atoms with Crippen LogP contribution in [-0.2, 0) is 14.2 Å². The van der Waals surface area contributed by atoms with Crippen molar-refractivity contribution >= 4 is 21.8 Å². The molecule has 3 N–H and O–H groups in total. The highest BCUT2D eigenvalue weighted by Gasteiger charge is 2.04. The van der Waals surface area contributed by atoms with Crippen molar-refractivity contribution in [1.82, 2.24) is 0 Å². The summed E-state index contributed by atoms with van der Waals surface area (Å²) in [6, 6.07) is 5.30. The smallest absolute Gasteiger partial charge is 0.123 e. The highest BCUT2D eigenvalue weighted by Crippen LogP contribution is 2.22. The van der Waals surface area contributed by atoms with Crippen molar-refractivity contribution in [2.24, 2.45) is 5.73 Å². The lowest BCUT2D eigenvalue weighted by Gasteiger charge is -2.09. The summed E-state index contributed by atoms with van der Waals surface area (Å²) in [6.07, 6.45) is 0. The molecule has 6 nitrogen and oxygen atoms in total. The van der Waals surface area contributed by atoms with Crippen LogP contribution in [0.25, 0.3) is 0 Å². The molecule has 21 heavy (non-hydrogen) atoms. The van der Waals surface area contributed by atoms with Crippen LogP contribution in [-0.4, -0.2) is 52.6 Å². The number of amidine groups is 1.